The Labute approximate surface area is 83.4 Å². The molecule has 0 aliphatic heterocycles. The molecule has 0 spiro atoms. The van der Waals surface area contributed by atoms with E-state index in [0.717, 1.165) is 5.56 Å². The average Bonchev–Trinajstić information content (AvgIpc) is 2.02. The van der Waals surface area contributed by atoms with Crippen LogP contribution in [0.1, 0.15) is 5.56 Å². The van der Waals surface area contributed by atoms with Gasteiger partial charge < -0.3 is 5.11 Å². The molecule has 14 heavy (non-hydrogen) atoms. The smallest absolute Gasteiger partial charge is 0.211 e. The van der Waals surface area contributed by atoms with Crippen LogP contribution in [0.4, 0.5) is 0 Å². The number of aliphatic hydroxyl groups is 1. The fourth-order valence-electron chi connectivity index (χ4n) is 1.21. The van der Waals surface area contributed by atoms with Crippen LogP contribution in [0.15, 0.2) is 30.3 Å². The predicted octanol–water partition coefficient (Wildman–Crippen LogP) is -0.121. The van der Waals surface area contributed by atoms with E-state index in [4.69, 9.17) is 5.14 Å². The van der Waals surface area contributed by atoms with Gasteiger partial charge in [0.15, 0.2) is 0 Å². The largest absolute Gasteiger partial charge is 0.392 e. The van der Waals surface area contributed by atoms with Crippen molar-refractivity contribution in [3.05, 3.63) is 35.9 Å². The van der Waals surface area contributed by atoms with E-state index in [1.165, 1.54) is 0 Å². The molecule has 1 atom stereocenters. The molecule has 0 saturated carbocycles. The molecule has 1 rings (SSSR count). The summed E-state index contributed by atoms with van der Waals surface area (Å²) >= 11 is 0. The van der Waals surface area contributed by atoms with Crippen LogP contribution in [0.2, 0.25) is 0 Å². The van der Waals surface area contributed by atoms with Gasteiger partial charge in [-0.15, -0.1) is 0 Å². The molecule has 0 aromatic heterocycles. The second-order valence-corrected chi connectivity index (χ2v) is 4.83. The Kier molecular flexibility index (Phi) is 3.62. The highest BCUT2D eigenvalue weighted by Gasteiger charge is 2.12. The second-order valence-electron chi connectivity index (χ2n) is 3.17. The van der Waals surface area contributed by atoms with E-state index < -0.39 is 21.9 Å². The van der Waals surface area contributed by atoms with E-state index in [2.05, 4.69) is 0 Å². The van der Waals surface area contributed by atoms with Gasteiger partial charge >= 0.3 is 0 Å². The normalized spacial score (nSPS) is 13.9. The number of nitrogens with two attached hydrogens (primary N) is 1. The second kappa shape index (κ2) is 4.54. The van der Waals surface area contributed by atoms with E-state index >= 15 is 0 Å². The molecule has 0 heterocycles. The van der Waals surface area contributed by atoms with Gasteiger partial charge in [0, 0.05) is 0 Å². The maximum Gasteiger partial charge on any atom is 0.211 e. The Bertz CT molecular complexity index is 374. The molecule has 1 aromatic rings. The Hall–Kier alpha value is -0.910. The molecule has 5 heteroatoms. The lowest BCUT2D eigenvalue weighted by Crippen LogP contribution is -2.27. The molecule has 0 saturated heterocycles. The number of hydrogen-bond donors (Lipinski definition) is 2. The molecule has 1 unspecified atom stereocenters. The molecule has 0 amide bonds. The molecule has 3 N–H and O–H groups in total. The molecule has 0 radical (unpaired) electrons. The van der Waals surface area contributed by atoms with Crippen molar-refractivity contribution in [2.24, 2.45) is 5.14 Å². The minimum atomic E-state index is -3.59. The number of primary sulfonamides is 1. The fraction of sp³-hybridized carbons (Fsp3) is 0.333. The fourth-order valence-corrected chi connectivity index (χ4v) is 1.87. The summed E-state index contributed by atoms with van der Waals surface area (Å²) in [6.07, 6.45) is -0.635. The number of sulfonamides is 1. The molecule has 0 bridgehead atoms. The summed E-state index contributed by atoms with van der Waals surface area (Å²) < 4.78 is 21.3. The van der Waals surface area contributed by atoms with Crippen molar-refractivity contribution in [2.75, 3.05) is 5.75 Å². The van der Waals surface area contributed by atoms with E-state index in [1.54, 1.807) is 0 Å². The van der Waals surface area contributed by atoms with Crippen molar-refractivity contribution in [3.8, 4) is 0 Å². The lowest BCUT2D eigenvalue weighted by atomic mass is 10.1. The van der Waals surface area contributed by atoms with Crippen molar-refractivity contribution in [3.63, 3.8) is 0 Å². The van der Waals surface area contributed by atoms with Crippen molar-refractivity contribution in [2.45, 2.75) is 12.5 Å². The van der Waals surface area contributed by atoms with E-state index in [9.17, 15) is 13.5 Å². The quantitative estimate of drug-likeness (QED) is 0.734. The summed E-state index contributed by atoms with van der Waals surface area (Å²) in [5, 5.41) is 14.2. The van der Waals surface area contributed by atoms with Crippen LogP contribution < -0.4 is 5.14 Å². The Morgan fingerprint density at radius 3 is 2.36 bits per heavy atom. The lowest BCUT2D eigenvalue weighted by molar-refractivity contribution is 0.198. The van der Waals surface area contributed by atoms with E-state index in [-0.39, 0.29) is 0 Å². The molecule has 78 valence electrons. The van der Waals surface area contributed by atoms with Crippen LogP contribution in [0.5, 0.6) is 0 Å². The molecule has 0 aliphatic rings. The Morgan fingerprint density at radius 2 is 1.86 bits per heavy atom. The Balaban J connectivity index is 2.54. The third-order valence-electron chi connectivity index (χ3n) is 1.74. The zero-order valence-electron chi connectivity index (χ0n) is 7.63. The SMILES string of the molecule is NS(=O)(=O)CC(O)Cc1ccccc1. The number of rotatable bonds is 4. The highest BCUT2D eigenvalue weighted by atomic mass is 32.2. The first-order valence-corrected chi connectivity index (χ1v) is 5.91. The summed E-state index contributed by atoms with van der Waals surface area (Å²) in [6.45, 7) is 0. The maximum absolute atomic E-state index is 10.6. The number of aliphatic hydroxyl groups excluding tert-OH is 1. The summed E-state index contributed by atoms with van der Waals surface area (Å²) in [7, 11) is -3.59. The van der Waals surface area contributed by atoms with Crippen molar-refractivity contribution in [1.82, 2.24) is 0 Å². The third-order valence-corrected chi connectivity index (χ3v) is 2.59. The molecule has 0 fully saturated rings. The summed E-state index contributed by atoms with van der Waals surface area (Å²) in [5.74, 6) is -0.401. The van der Waals surface area contributed by atoms with Crippen LogP contribution in [0.3, 0.4) is 0 Å². The summed E-state index contributed by atoms with van der Waals surface area (Å²) in [4.78, 5) is 0. The van der Waals surface area contributed by atoms with Crippen LogP contribution in [-0.2, 0) is 16.4 Å². The van der Waals surface area contributed by atoms with Crippen molar-refractivity contribution in [1.29, 1.82) is 0 Å². The molecule has 1 aromatic carbocycles. The van der Waals surface area contributed by atoms with E-state index in [0.29, 0.717) is 6.42 Å². The van der Waals surface area contributed by atoms with Crippen LogP contribution in [0, 0.1) is 0 Å². The summed E-state index contributed by atoms with van der Waals surface area (Å²) in [6, 6.07) is 9.17. The molecule has 0 aliphatic carbocycles. The third kappa shape index (κ3) is 4.36. The molecular formula is C9H13NO3S. The standard InChI is InChI=1S/C9H13NO3S/c10-14(12,13)7-9(11)6-8-4-2-1-3-5-8/h1-5,9,11H,6-7H2,(H2,10,12,13). The van der Waals surface area contributed by atoms with Crippen molar-refractivity contribution >= 4 is 10.0 Å². The van der Waals surface area contributed by atoms with E-state index in [1.807, 2.05) is 30.3 Å². The highest BCUT2D eigenvalue weighted by molar-refractivity contribution is 7.89. The Morgan fingerprint density at radius 1 is 1.29 bits per heavy atom. The minimum Gasteiger partial charge on any atom is -0.392 e. The van der Waals surface area contributed by atoms with Crippen LogP contribution in [-0.4, -0.2) is 25.4 Å². The van der Waals surface area contributed by atoms with Gasteiger partial charge in [-0.05, 0) is 12.0 Å². The number of benzene rings is 1. The zero-order chi connectivity index (χ0) is 10.6. The van der Waals surface area contributed by atoms with Gasteiger partial charge in [-0.3, -0.25) is 0 Å². The zero-order valence-corrected chi connectivity index (χ0v) is 8.44. The molecule has 4 nitrogen and oxygen atoms in total. The molecular weight excluding hydrogens is 202 g/mol. The van der Waals surface area contributed by atoms with Gasteiger partial charge in [-0.25, -0.2) is 13.6 Å². The predicted molar refractivity (Wildman–Crippen MR) is 54.1 cm³/mol. The van der Waals surface area contributed by atoms with Gasteiger partial charge in [-0.1, -0.05) is 30.3 Å². The lowest BCUT2D eigenvalue weighted by Gasteiger charge is -2.08. The highest BCUT2D eigenvalue weighted by Crippen LogP contribution is 2.03. The minimum absolute atomic E-state index is 0.303. The van der Waals surface area contributed by atoms with Crippen LogP contribution >= 0.6 is 0 Å². The average molecular weight is 215 g/mol. The monoisotopic (exact) mass is 215 g/mol. The topological polar surface area (TPSA) is 80.4 Å². The van der Waals surface area contributed by atoms with Gasteiger partial charge in [0.2, 0.25) is 10.0 Å². The maximum atomic E-state index is 10.6. The van der Waals surface area contributed by atoms with Crippen molar-refractivity contribution < 1.29 is 13.5 Å². The van der Waals surface area contributed by atoms with Gasteiger partial charge in [0.05, 0.1) is 11.9 Å². The van der Waals surface area contributed by atoms with Crippen LogP contribution in [0.25, 0.3) is 0 Å². The van der Waals surface area contributed by atoms with Gasteiger partial charge in [0.25, 0.3) is 0 Å². The number of hydrogen-bond acceptors (Lipinski definition) is 3. The first-order chi connectivity index (χ1) is 6.47. The van der Waals surface area contributed by atoms with Gasteiger partial charge in [-0.2, -0.15) is 0 Å². The summed E-state index contributed by atoms with van der Waals surface area (Å²) in [5.41, 5.74) is 0.892. The first kappa shape index (κ1) is 11.2. The van der Waals surface area contributed by atoms with Gasteiger partial charge in [0.1, 0.15) is 0 Å². The first-order valence-electron chi connectivity index (χ1n) is 4.20.